The van der Waals surface area contributed by atoms with Crippen molar-refractivity contribution in [3.8, 4) is 5.75 Å². The maximum Gasteiger partial charge on any atom is 0.573 e. The van der Waals surface area contributed by atoms with Crippen LogP contribution in [0.3, 0.4) is 0 Å². The molecular formula is C20H17F3N4O4. The number of alkyl halides is 3. The number of rotatable bonds is 5. The molecule has 31 heavy (non-hydrogen) atoms. The Labute approximate surface area is 174 Å². The zero-order valence-electron chi connectivity index (χ0n) is 16.3. The van der Waals surface area contributed by atoms with Crippen molar-refractivity contribution < 1.29 is 32.3 Å². The molecule has 1 saturated carbocycles. The highest BCUT2D eigenvalue weighted by Gasteiger charge is 2.65. The van der Waals surface area contributed by atoms with Crippen LogP contribution in [0.1, 0.15) is 28.8 Å². The SMILES string of the molecule is CNC(=O)c1cnccc1CN1C(=O)N(c2ccc(OC(F)(F)F)cc2)C(=O)C12CC2. The second kappa shape index (κ2) is 7.25. The number of hydrogen-bond acceptors (Lipinski definition) is 5. The second-order valence-corrected chi connectivity index (χ2v) is 7.19. The first-order valence-electron chi connectivity index (χ1n) is 9.33. The number of ether oxygens (including phenoxy) is 1. The molecule has 8 nitrogen and oxygen atoms in total. The molecule has 11 heteroatoms. The van der Waals surface area contributed by atoms with E-state index in [9.17, 15) is 27.6 Å². The van der Waals surface area contributed by atoms with Crippen LogP contribution in [-0.2, 0) is 11.3 Å². The van der Waals surface area contributed by atoms with E-state index in [1.165, 1.54) is 36.5 Å². The van der Waals surface area contributed by atoms with E-state index in [2.05, 4.69) is 15.0 Å². The number of halogens is 3. The summed E-state index contributed by atoms with van der Waals surface area (Å²) in [6, 6.07) is 5.52. The first kappa shape index (κ1) is 20.6. The van der Waals surface area contributed by atoms with Gasteiger partial charge in [-0.25, -0.2) is 9.69 Å². The summed E-state index contributed by atoms with van der Waals surface area (Å²) in [7, 11) is 1.47. The van der Waals surface area contributed by atoms with Gasteiger partial charge in [-0.2, -0.15) is 0 Å². The molecule has 0 bridgehead atoms. The van der Waals surface area contributed by atoms with Gasteiger partial charge in [0.25, 0.3) is 11.8 Å². The van der Waals surface area contributed by atoms with E-state index in [1.807, 2.05) is 0 Å². The minimum absolute atomic E-state index is 0.0155. The standard InChI is InChI=1S/C20H17F3N4O4/c1-24-16(28)15-10-25-9-6-12(15)11-26-18(30)27(17(29)19(26)7-8-19)13-2-4-14(5-3-13)31-20(21,22)23/h2-6,9-10H,7-8,11H2,1H3,(H,24,28). The number of pyridine rings is 1. The van der Waals surface area contributed by atoms with Crippen LogP contribution in [0.2, 0.25) is 0 Å². The van der Waals surface area contributed by atoms with E-state index in [4.69, 9.17) is 0 Å². The number of anilines is 1. The summed E-state index contributed by atoms with van der Waals surface area (Å²) in [5, 5.41) is 2.51. The summed E-state index contributed by atoms with van der Waals surface area (Å²) < 4.78 is 40.9. The van der Waals surface area contributed by atoms with Crippen LogP contribution in [0.15, 0.2) is 42.7 Å². The summed E-state index contributed by atoms with van der Waals surface area (Å²) in [6.07, 6.45) is -1.05. The van der Waals surface area contributed by atoms with E-state index in [0.717, 1.165) is 17.0 Å². The molecule has 2 aliphatic rings. The topological polar surface area (TPSA) is 91.8 Å². The van der Waals surface area contributed by atoms with Gasteiger partial charge < -0.3 is 15.0 Å². The Morgan fingerprint density at radius 2 is 1.87 bits per heavy atom. The van der Waals surface area contributed by atoms with Crippen LogP contribution < -0.4 is 15.0 Å². The number of carbonyl (C=O) groups is 3. The van der Waals surface area contributed by atoms with Gasteiger partial charge in [0.2, 0.25) is 0 Å². The zero-order valence-corrected chi connectivity index (χ0v) is 16.3. The van der Waals surface area contributed by atoms with Crippen molar-refractivity contribution in [2.24, 2.45) is 0 Å². The van der Waals surface area contributed by atoms with E-state index in [-0.39, 0.29) is 23.7 Å². The first-order chi connectivity index (χ1) is 14.7. The second-order valence-electron chi connectivity index (χ2n) is 7.19. The molecule has 1 aliphatic heterocycles. The van der Waals surface area contributed by atoms with Crippen molar-refractivity contribution in [3.05, 3.63) is 53.9 Å². The number of hydrogen-bond donors (Lipinski definition) is 1. The van der Waals surface area contributed by atoms with Crippen molar-refractivity contribution >= 4 is 23.5 Å². The maximum absolute atomic E-state index is 13.1. The van der Waals surface area contributed by atoms with Crippen LogP contribution in [0.25, 0.3) is 0 Å². The van der Waals surface area contributed by atoms with Crippen molar-refractivity contribution in [2.45, 2.75) is 31.3 Å². The fraction of sp³-hybridized carbons (Fsp3) is 0.300. The average molecular weight is 434 g/mol. The number of carbonyl (C=O) groups excluding carboxylic acids is 3. The van der Waals surface area contributed by atoms with E-state index >= 15 is 0 Å². The highest BCUT2D eigenvalue weighted by molar-refractivity contribution is 6.24. The monoisotopic (exact) mass is 434 g/mol. The first-order valence-corrected chi connectivity index (χ1v) is 9.33. The summed E-state index contributed by atoms with van der Waals surface area (Å²) in [5.41, 5.74) is -0.0631. The Hall–Kier alpha value is -3.63. The number of amides is 4. The summed E-state index contributed by atoms with van der Waals surface area (Å²) in [6.45, 7) is 0.0155. The Balaban J connectivity index is 1.61. The van der Waals surface area contributed by atoms with Crippen LogP contribution in [0.4, 0.5) is 23.7 Å². The largest absolute Gasteiger partial charge is 0.573 e. The van der Waals surface area contributed by atoms with E-state index < -0.39 is 29.6 Å². The Bertz CT molecular complexity index is 1050. The molecular weight excluding hydrogens is 417 g/mol. The van der Waals surface area contributed by atoms with Crippen molar-refractivity contribution in [1.82, 2.24) is 15.2 Å². The van der Waals surface area contributed by atoms with E-state index in [0.29, 0.717) is 18.4 Å². The number of imide groups is 1. The predicted octanol–water partition coefficient (Wildman–Crippen LogP) is 2.84. The molecule has 1 aliphatic carbocycles. The zero-order chi connectivity index (χ0) is 22.4. The van der Waals surface area contributed by atoms with Crippen molar-refractivity contribution in [2.75, 3.05) is 11.9 Å². The molecule has 1 aromatic carbocycles. The molecule has 2 aromatic rings. The lowest BCUT2D eigenvalue weighted by atomic mass is 10.1. The number of nitrogens with one attached hydrogen (secondary N) is 1. The van der Waals surface area contributed by atoms with Gasteiger partial charge in [0.1, 0.15) is 11.3 Å². The number of benzene rings is 1. The predicted molar refractivity (Wildman–Crippen MR) is 101 cm³/mol. The summed E-state index contributed by atoms with van der Waals surface area (Å²) >= 11 is 0. The number of urea groups is 1. The highest BCUT2D eigenvalue weighted by Crippen LogP contribution is 2.50. The van der Waals surface area contributed by atoms with Crippen LogP contribution >= 0.6 is 0 Å². The van der Waals surface area contributed by atoms with Gasteiger partial charge in [0.05, 0.1) is 11.3 Å². The molecule has 4 amide bonds. The van der Waals surface area contributed by atoms with Crippen LogP contribution in [-0.4, -0.2) is 46.7 Å². The third kappa shape index (κ3) is 3.66. The van der Waals surface area contributed by atoms with Crippen molar-refractivity contribution in [3.63, 3.8) is 0 Å². The van der Waals surface area contributed by atoms with Crippen molar-refractivity contribution in [1.29, 1.82) is 0 Å². The van der Waals surface area contributed by atoms with Gasteiger partial charge in [0.15, 0.2) is 0 Å². The van der Waals surface area contributed by atoms with Gasteiger partial charge >= 0.3 is 12.4 Å². The van der Waals surface area contributed by atoms with Gasteiger partial charge in [0, 0.05) is 26.0 Å². The van der Waals surface area contributed by atoms with Gasteiger partial charge in [-0.3, -0.25) is 14.6 Å². The Morgan fingerprint density at radius 1 is 1.19 bits per heavy atom. The quantitative estimate of drug-likeness (QED) is 0.731. The minimum atomic E-state index is -4.84. The molecule has 1 spiro atoms. The molecule has 2 heterocycles. The van der Waals surface area contributed by atoms with Gasteiger partial charge in [-0.05, 0) is 48.7 Å². The lowest BCUT2D eigenvalue weighted by Gasteiger charge is -2.22. The summed E-state index contributed by atoms with van der Waals surface area (Å²) in [4.78, 5) is 44.6. The van der Waals surface area contributed by atoms with E-state index in [1.54, 1.807) is 6.07 Å². The molecule has 0 atom stereocenters. The lowest BCUT2D eigenvalue weighted by Crippen LogP contribution is -2.37. The number of nitrogens with zero attached hydrogens (tertiary/aromatic N) is 3. The number of aromatic nitrogens is 1. The normalized spacial score (nSPS) is 17.3. The lowest BCUT2D eigenvalue weighted by molar-refractivity contribution is -0.274. The molecule has 1 aromatic heterocycles. The fourth-order valence-electron chi connectivity index (χ4n) is 3.63. The Kier molecular flexibility index (Phi) is 4.83. The smallest absolute Gasteiger partial charge is 0.406 e. The summed E-state index contributed by atoms with van der Waals surface area (Å²) in [5.74, 6) is -1.28. The molecule has 1 saturated heterocycles. The molecule has 4 rings (SSSR count). The third-order valence-corrected chi connectivity index (χ3v) is 5.30. The fourth-order valence-corrected chi connectivity index (χ4v) is 3.63. The van der Waals surface area contributed by atoms with Gasteiger partial charge in [-0.1, -0.05) is 0 Å². The molecule has 1 N–H and O–H groups in total. The van der Waals surface area contributed by atoms with Crippen LogP contribution in [0.5, 0.6) is 5.75 Å². The molecule has 2 fully saturated rings. The molecule has 0 unspecified atom stereocenters. The highest BCUT2D eigenvalue weighted by atomic mass is 19.4. The minimum Gasteiger partial charge on any atom is -0.406 e. The molecule has 0 radical (unpaired) electrons. The third-order valence-electron chi connectivity index (χ3n) is 5.30. The maximum atomic E-state index is 13.1. The molecule has 162 valence electrons. The average Bonchev–Trinajstić information content (AvgIpc) is 3.50. The van der Waals surface area contributed by atoms with Crippen LogP contribution in [0, 0.1) is 0 Å². The Morgan fingerprint density at radius 3 is 2.45 bits per heavy atom. The van der Waals surface area contributed by atoms with Gasteiger partial charge in [-0.15, -0.1) is 13.2 Å².